The van der Waals surface area contributed by atoms with E-state index in [-0.39, 0.29) is 6.61 Å². The molecule has 5 nitrogen and oxygen atoms in total. The van der Waals surface area contributed by atoms with Crippen LogP contribution >= 0.6 is 0 Å². The van der Waals surface area contributed by atoms with Gasteiger partial charge in [0.2, 0.25) is 0 Å². The van der Waals surface area contributed by atoms with Crippen molar-refractivity contribution < 1.29 is 41.7 Å². The predicted octanol–water partition coefficient (Wildman–Crippen LogP) is 1.63. The molecule has 0 amide bonds. The topological polar surface area (TPSA) is 72.8 Å². The Morgan fingerprint density at radius 2 is 1.57 bits per heavy atom. The molecule has 1 unspecified atom stereocenters. The molecule has 0 aliphatic carbocycles. The Kier molecular flexibility index (Phi) is 5.25. The Hall–Kier alpha value is -2.16. The number of rotatable bonds is 4. The van der Waals surface area contributed by atoms with Crippen LogP contribution in [-0.4, -0.2) is 30.8 Å². The van der Waals surface area contributed by atoms with Gasteiger partial charge in [0, 0.05) is 0 Å². The van der Waals surface area contributed by atoms with Crippen molar-refractivity contribution in [2.45, 2.75) is 13.0 Å². The third-order valence-electron chi connectivity index (χ3n) is 2.47. The SMILES string of the molecule is CCOC(=O)C(O)c1c(F)c(F)c(C(=O)OC)c(F)c1F. The fourth-order valence-corrected chi connectivity index (χ4v) is 1.51. The van der Waals surface area contributed by atoms with Crippen molar-refractivity contribution in [2.24, 2.45) is 0 Å². The number of halogens is 4. The van der Waals surface area contributed by atoms with Crippen LogP contribution in [0.5, 0.6) is 0 Å². The van der Waals surface area contributed by atoms with Gasteiger partial charge in [-0.05, 0) is 6.92 Å². The number of aliphatic hydroxyl groups excluding tert-OH is 1. The van der Waals surface area contributed by atoms with Gasteiger partial charge in [0.25, 0.3) is 0 Å². The van der Waals surface area contributed by atoms with Gasteiger partial charge in [-0.25, -0.2) is 27.2 Å². The highest BCUT2D eigenvalue weighted by Gasteiger charge is 2.35. The lowest BCUT2D eigenvalue weighted by atomic mass is 10.0. The Morgan fingerprint density at radius 1 is 1.10 bits per heavy atom. The van der Waals surface area contributed by atoms with Crippen LogP contribution in [0.25, 0.3) is 0 Å². The van der Waals surface area contributed by atoms with Crippen molar-refractivity contribution in [1.29, 1.82) is 0 Å². The van der Waals surface area contributed by atoms with Crippen LogP contribution in [0, 0.1) is 23.3 Å². The Morgan fingerprint density at radius 3 is 1.95 bits per heavy atom. The average molecular weight is 310 g/mol. The average Bonchev–Trinajstić information content (AvgIpc) is 2.45. The molecule has 0 aliphatic heterocycles. The summed E-state index contributed by atoms with van der Waals surface area (Å²) in [6.45, 7) is 1.11. The van der Waals surface area contributed by atoms with Gasteiger partial charge in [-0.15, -0.1) is 0 Å². The van der Waals surface area contributed by atoms with Gasteiger partial charge >= 0.3 is 11.9 Å². The number of carbonyl (C=O) groups excluding carboxylic acids is 2. The number of hydrogen-bond acceptors (Lipinski definition) is 5. The summed E-state index contributed by atoms with van der Waals surface area (Å²) >= 11 is 0. The molecule has 1 aromatic rings. The van der Waals surface area contributed by atoms with Crippen molar-refractivity contribution in [3.63, 3.8) is 0 Å². The zero-order chi connectivity index (χ0) is 16.3. The van der Waals surface area contributed by atoms with Gasteiger partial charge in [0.1, 0.15) is 5.56 Å². The van der Waals surface area contributed by atoms with E-state index in [2.05, 4.69) is 9.47 Å². The molecule has 0 fully saturated rings. The molecular formula is C12H10F4O5. The smallest absolute Gasteiger partial charge is 0.344 e. The maximum absolute atomic E-state index is 13.7. The monoisotopic (exact) mass is 310 g/mol. The molecule has 1 atom stereocenters. The second kappa shape index (κ2) is 6.53. The van der Waals surface area contributed by atoms with Gasteiger partial charge in [-0.1, -0.05) is 0 Å². The minimum Gasteiger partial charge on any atom is -0.465 e. The van der Waals surface area contributed by atoms with E-state index in [0.29, 0.717) is 0 Å². The summed E-state index contributed by atoms with van der Waals surface area (Å²) in [5.74, 6) is -11.5. The summed E-state index contributed by atoms with van der Waals surface area (Å²) in [5.41, 5.74) is -3.19. The fraction of sp³-hybridized carbons (Fsp3) is 0.333. The maximum Gasteiger partial charge on any atom is 0.344 e. The number of methoxy groups -OCH3 is 1. The zero-order valence-electron chi connectivity index (χ0n) is 10.9. The first kappa shape index (κ1) is 16.9. The number of benzene rings is 1. The molecule has 1 N–H and O–H groups in total. The molecule has 0 saturated carbocycles. The molecule has 116 valence electrons. The van der Waals surface area contributed by atoms with Gasteiger partial charge in [0.05, 0.1) is 19.3 Å². The summed E-state index contributed by atoms with van der Waals surface area (Å²) in [5, 5.41) is 9.41. The predicted molar refractivity (Wildman–Crippen MR) is 59.2 cm³/mol. The molecule has 0 spiro atoms. The number of carbonyl (C=O) groups is 2. The lowest BCUT2D eigenvalue weighted by Gasteiger charge is -2.14. The van der Waals surface area contributed by atoms with E-state index in [1.807, 2.05) is 0 Å². The molecule has 0 bridgehead atoms. The third-order valence-corrected chi connectivity index (χ3v) is 2.47. The van der Waals surface area contributed by atoms with Crippen molar-refractivity contribution in [3.8, 4) is 0 Å². The molecule has 1 rings (SSSR count). The summed E-state index contributed by atoms with van der Waals surface area (Å²) in [4.78, 5) is 22.3. The van der Waals surface area contributed by atoms with E-state index in [1.165, 1.54) is 6.92 Å². The van der Waals surface area contributed by atoms with Gasteiger partial charge < -0.3 is 14.6 Å². The van der Waals surface area contributed by atoms with Gasteiger partial charge in [0.15, 0.2) is 29.4 Å². The first-order chi connectivity index (χ1) is 9.77. The summed E-state index contributed by atoms with van der Waals surface area (Å²) in [6.07, 6.45) is -2.58. The number of hydrogen-bond donors (Lipinski definition) is 1. The molecule has 0 aromatic heterocycles. The highest BCUT2D eigenvalue weighted by atomic mass is 19.2. The molecule has 0 aliphatic rings. The first-order valence-electron chi connectivity index (χ1n) is 5.56. The molecule has 0 saturated heterocycles. The minimum atomic E-state index is -2.58. The minimum absolute atomic E-state index is 0.232. The van der Waals surface area contributed by atoms with Crippen molar-refractivity contribution >= 4 is 11.9 Å². The van der Waals surface area contributed by atoms with Crippen LogP contribution in [0.4, 0.5) is 17.6 Å². The molecule has 1 aromatic carbocycles. The maximum atomic E-state index is 13.7. The summed E-state index contributed by atoms with van der Waals surface area (Å²) < 4.78 is 62.9. The first-order valence-corrected chi connectivity index (χ1v) is 5.56. The second-order valence-corrected chi connectivity index (χ2v) is 3.69. The molecule has 21 heavy (non-hydrogen) atoms. The molecular weight excluding hydrogens is 300 g/mol. The number of esters is 2. The van der Waals surface area contributed by atoms with Crippen molar-refractivity contribution in [2.75, 3.05) is 13.7 Å². The third kappa shape index (κ3) is 2.97. The standard InChI is InChI=1S/C12H10F4O5/c1-3-21-12(19)10(17)4-6(13)8(15)5(11(18)20-2)9(16)7(4)14/h10,17H,3H2,1-2H3. The van der Waals surface area contributed by atoms with Crippen LogP contribution in [0.1, 0.15) is 28.9 Å². The van der Waals surface area contributed by atoms with E-state index in [1.54, 1.807) is 0 Å². The van der Waals surface area contributed by atoms with Crippen LogP contribution in [0.15, 0.2) is 0 Å². The van der Waals surface area contributed by atoms with Crippen LogP contribution in [-0.2, 0) is 14.3 Å². The van der Waals surface area contributed by atoms with E-state index >= 15 is 0 Å². The largest absolute Gasteiger partial charge is 0.465 e. The lowest BCUT2D eigenvalue weighted by Crippen LogP contribution is -2.22. The fourth-order valence-electron chi connectivity index (χ4n) is 1.51. The van der Waals surface area contributed by atoms with Crippen molar-refractivity contribution in [3.05, 3.63) is 34.4 Å². The number of aliphatic hydroxyl groups is 1. The van der Waals surface area contributed by atoms with E-state index in [9.17, 15) is 32.3 Å². The van der Waals surface area contributed by atoms with Gasteiger partial charge in [-0.2, -0.15) is 0 Å². The highest BCUT2D eigenvalue weighted by molar-refractivity contribution is 5.90. The molecule has 0 radical (unpaired) electrons. The molecule has 9 heteroatoms. The van der Waals surface area contributed by atoms with E-state index < -0.39 is 52.4 Å². The van der Waals surface area contributed by atoms with Crippen LogP contribution in [0.2, 0.25) is 0 Å². The van der Waals surface area contributed by atoms with Crippen LogP contribution < -0.4 is 0 Å². The van der Waals surface area contributed by atoms with Crippen LogP contribution in [0.3, 0.4) is 0 Å². The van der Waals surface area contributed by atoms with E-state index in [0.717, 1.165) is 7.11 Å². The van der Waals surface area contributed by atoms with Crippen molar-refractivity contribution in [1.82, 2.24) is 0 Å². The second-order valence-electron chi connectivity index (χ2n) is 3.69. The van der Waals surface area contributed by atoms with Gasteiger partial charge in [-0.3, -0.25) is 0 Å². The highest BCUT2D eigenvalue weighted by Crippen LogP contribution is 2.29. The summed E-state index contributed by atoms with van der Waals surface area (Å²) in [7, 11) is 0.748. The number of ether oxygens (including phenoxy) is 2. The van der Waals surface area contributed by atoms with E-state index in [4.69, 9.17) is 0 Å². The lowest BCUT2D eigenvalue weighted by molar-refractivity contribution is -0.153. The Bertz CT molecular complexity index is 558. The Labute approximate surface area is 116 Å². The quantitative estimate of drug-likeness (QED) is 0.520. The Balaban J connectivity index is 3.51. The zero-order valence-corrected chi connectivity index (χ0v) is 10.9. The summed E-state index contributed by atoms with van der Waals surface area (Å²) in [6, 6.07) is 0. The molecule has 0 heterocycles. The normalized spacial score (nSPS) is 12.0.